The van der Waals surface area contributed by atoms with Crippen molar-refractivity contribution < 1.29 is 14.3 Å². The number of terminal acetylenes is 2. The maximum Gasteiger partial charge on any atom is 0.341 e. The summed E-state index contributed by atoms with van der Waals surface area (Å²) in [4.78, 5) is 27.4. The van der Waals surface area contributed by atoms with Gasteiger partial charge in [-0.25, -0.2) is 4.79 Å². The Hall–Kier alpha value is -2.28. The van der Waals surface area contributed by atoms with Crippen molar-refractivity contribution in [2.45, 2.75) is 26.2 Å². The van der Waals surface area contributed by atoms with Crippen molar-refractivity contribution in [3.8, 4) is 24.7 Å². The molecule has 0 spiro atoms. The van der Waals surface area contributed by atoms with Gasteiger partial charge in [0.15, 0.2) is 0 Å². The molecule has 1 aliphatic rings. The zero-order chi connectivity index (χ0) is 18.4. The molecular formula is C19H22N2O3S. The summed E-state index contributed by atoms with van der Waals surface area (Å²) in [6.45, 7) is 2.85. The highest BCUT2D eigenvalue weighted by Crippen LogP contribution is 2.39. The number of fused-ring (bicyclic) bond motifs is 1. The molecule has 1 N–H and O–H groups in total. The van der Waals surface area contributed by atoms with Crippen LogP contribution in [-0.4, -0.2) is 43.5 Å². The maximum atomic E-state index is 12.4. The van der Waals surface area contributed by atoms with E-state index in [4.69, 9.17) is 17.6 Å². The molecule has 0 fully saturated rings. The standard InChI is InChI=1S/C19H22N2O3S/c1-5-9-21(10-6-2)12-16(22)20-18-17(19(23)24-4)14-8-7-13(3)11-15(14)25-18/h1-2,13H,7-12H2,3-4H3,(H,20,22)/t13-/m0/s1. The molecule has 1 aliphatic carbocycles. The second kappa shape index (κ2) is 8.71. The van der Waals surface area contributed by atoms with E-state index in [9.17, 15) is 9.59 Å². The number of anilines is 1. The Morgan fingerprint density at radius 2 is 2.04 bits per heavy atom. The number of hydrogen-bond donors (Lipinski definition) is 1. The smallest absolute Gasteiger partial charge is 0.341 e. The fraction of sp³-hybridized carbons (Fsp3) is 0.474. The summed E-state index contributed by atoms with van der Waals surface area (Å²) < 4.78 is 4.92. The average Bonchev–Trinajstić information content (AvgIpc) is 2.91. The third-order valence-electron chi connectivity index (χ3n) is 4.15. The minimum absolute atomic E-state index is 0.0774. The van der Waals surface area contributed by atoms with Gasteiger partial charge in [-0.05, 0) is 30.7 Å². The number of amides is 1. The molecule has 0 saturated carbocycles. The van der Waals surface area contributed by atoms with E-state index in [1.807, 2.05) is 0 Å². The summed E-state index contributed by atoms with van der Waals surface area (Å²) in [6, 6.07) is 0. The molecule has 5 nitrogen and oxygen atoms in total. The van der Waals surface area contributed by atoms with Gasteiger partial charge in [-0.3, -0.25) is 9.69 Å². The summed E-state index contributed by atoms with van der Waals surface area (Å²) >= 11 is 1.46. The van der Waals surface area contributed by atoms with E-state index in [1.165, 1.54) is 18.4 Å². The predicted octanol–water partition coefficient (Wildman–Crippen LogP) is 2.17. The average molecular weight is 358 g/mol. The van der Waals surface area contributed by atoms with Crippen LogP contribution in [0.15, 0.2) is 0 Å². The largest absolute Gasteiger partial charge is 0.465 e. The lowest BCUT2D eigenvalue weighted by Crippen LogP contribution is -2.34. The maximum absolute atomic E-state index is 12.4. The topological polar surface area (TPSA) is 58.6 Å². The third kappa shape index (κ3) is 4.63. The van der Waals surface area contributed by atoms with Crippen molar-refractivity contribution in [3.63, 3.8) is 0 Å². The van der Waals surface area contributed by atoms with Gasteiger partial charge in [0, 0.05) is 4.88 Å². The Bertz CT molecular complexity index is 723. The molecule has 0 saturated heterocycles. The molecule has 6 heteroatoms. The Morgan fingerprint density at radius 3 is 2.64 bits per heavy atom. The molecule has 0 aromatic carbocycles. The number of ether oxygens (including phenoxy) is 1. The summed E-state index contributed by atoms with van der Waals surface area (Å²) in [5.41, 5.74) is 1.50. The molecule has 0 aliphatic heterocycles. The Labute approximate surface area is 152 Å². The zero-order valence-corrected chi connectivity index (χ0v) is 15.4. The molecule has 1 amide bonds. The van der Waals surface area contributed by atoms with Gasteiger partial charge >= 0.3 is 5.97 Å². The Balaban J connectivity index is 2.21. The van der Waals surface area contributed by atoms with Crippen LogP contribution < -0.4 is 5.32 Å². The lowest BCUT2D eigenvalue weighted by Gasteiger charge is -2.18. The van der Waals surface area contributed by atoms with E-state index >= 15 is 0 Å². The number of nitrogens with zero attached hydrogens (tertiary/aromatic N) is 1. The van der Waals surface area contributed by atoms with Gasteiger partial charge in [0.1, 0.15) is 5.00 Å². The number of nitrogens with one attached hydrogen (secondary N) is 1. The van der Waals surface area contributed by atoms with Crippen molar-refractivity contribution in [1.82, 2.24) is 4.90 Å². The first-order valence-corrected chi connectivity index (χ1v) is 8.93. The normalized spacial score (nSPS) is 15.8. The van der Waals surface area contributed by atoms with Crippen LogP contribution in [0.1, 0.15) is 34.1 Å². The fourth-order valence-corrected chi connectivity index (χ4v) is 4.37. The Morgan fingerprint density at radius 1 is 1.36 bits per heavy atom. The van der Waals surface area contributed by atoms with E-state index in [-0.39, 0.29) is 12.5 Å². The van der Waals surface area contributed by atoms with Crippen LogP contribution in [0.3, 0.4) is 0 Å². The van der Waals surface area contributed by atoms with Crippen LogP contribution in [0.5, 0.6) is 0 Å². The highest BCUT2D eigenvalue weighted by molar-refractivity contribution is 7.17. The summed E-state index contributed by atoms with van der Waals surface area (Å²) in [5.74, 6) is 4.88. The SMILES string of the molecule is C#CCN(CC#C)CC(=O)Nc1sc2c(c1C(=O)OC)CC[C@H](C)C2. The van der Waals surface area contributed by atoms with Gasteiger partial charge in [0.25, 0.3) is 0 Å². The fourth-order valence-electron chi connectivity index (χ4n) is 2.95. The van der Waals surface area contributed by atoms with E-state index in [0.717, 1.165) is 29.7 Å². The molecule has 1 atom stereocenters. The molecule has 1 aromatic heterocycles. The number of methoxy groups -OCH3 is 1. The number of rotatable bonds is 6. The minimum Gasteiger partial charge on any atom is -0.465 e. The first kappa shape index (κ1) is 19.1. The van der Waals surface area contributed by atoms with Crippen molar-refractivity contribution in [2.75, 3.05) is 32.1 Å². The van der Waals surface area contributed by atoms with Crippen molar-refractivity contribution in [2.24, 2.45) is 5.92 Å². The van der Waals surface area contributed by atoms with E-state index in [0.29, 0.717) is 29.6 Å². The molecule has 2 rings (SSSR count). The highest BCUT2D eigenvalue weighted by Gasteiger charge is 2.29. The first-order valence-electron chi connectivity index (χ1n) is 8.12. The Kier molecular flexibility index (Phi) is 6.64. The second-order valence-electron chi connectivity index (χ2n) is 6.15. The molecular weight excluding hydrogens is 336 g/mol. The number of esters is 1. The van der Waals surface area contributed by atoms with Gasteiger partial charge < -0.3 is 10.1 Å². The predicted molar refractivity (Wildman–Crippen MR) is 99.6 cm³/mol. The van der Waals surface area contributed by atoms with Crippen LogP contribution in [0.2, 0.25) is 0 Å². The summed E-state index contributed by atoms with van der Waals surface area (Å²) in [5, 5.41) is 3.40. The van der Waals surface area contributed by atoms with Gasteiger partial charge in [-0.1, -0.05) is 18.8 Å². The molecule has 0 radical (unpaired) electrons. The number of carbonyl (C=O) groups is 2. The van der Waals surface area contributed by atoms with Crippen LogP contribution in [0.25, 0.3) is 0 Å². The molecule has 25 heavy (non-hydrogen) atoms. The molecule has 0 bridgehead atoms. The van der Waals surface area contributed by atoms with E-state index in [2.05, 4.69) is 24.1 Å². The lowest BCUT2D eigenvalue weighted by molar-refractivity contribution is -0.117. The highest BCUT2D eigenvalue weighted by atomic mass is 32.1. The number of hydrogen-bond acceptors (Lipinski definition) is 5. The number of carbonyl (C=O) groups excluding carboxylic acids is 2. The van der Waals surface area contributed by atoms with Crippen molar-refractivity contribution in [1.29, 1.82) is 0 Å². The van der Waals surface area contributed by atoms with Gasteiger partial charge in [0.05, 0.1) is 32.3 Å². The molecule has 1 heterocycles. The molecule has 0 unspecified atom stereocenters. The van der Waals surface area contributed by atoms with Gasteiger partial charge in [0.2, 0.25) is 5.91 Å². The van der Waals surface area contributed by atoms with Gasteiger partial charge in [-0.15, -0.1) is 24.2 Å². The molecule has 132 valence electrons. The van der Waals surface area contributed by atoms with Crippen LogP contribution in [0.4, 0.5) is 5.00 Å². The van der Waals surface area contributed by atoms with E-state index < -0.39 is 5.97 Å². The lowest BCUT2D eigenvalue weighted by atomic mass is 9.88. The third-order valence-corrected chi connectivity index (χ3v) is 5.32. The quantitative estimate of drug-likeness (QED) is 0.625. The molecule has 1 aromatic rings. The summed E-state index contributed by atoms with van der Waals surface area (Å²) in [7, 11) is 1.35. The van der Waals surface area contributed by atoms with Crippen molar-refractivity contribution >= 4 is 28.2 Å². The van der Waals surface area contributed by atoms with Crippen LogP contribution >= 0.6 is 11.3 Å². The summed E-state index contributed by atoms with van der Waals surface area (Å²) in [6.07, 6.45) is 13.4. The second-order valence-corrected chi connectivity index (χ2v) is 7.25. The monoisotopic (exact) mass is 358 g/mol. The van der Waals surface area contributed by atoms with E-state index in [1.54, 1.807) is 4.90 Å². The van der Waals surface area contributed by atoms with Crippen molar-refractivity contribution in [3.05, 3.63) is 16.0 Å². The van der Waals surface area contributed by atoms with Gasteiger partial charge in [-0.2, -0.15) is 0 Å². The zero-order valence-electron chi connectivity index (χ0n) is 14.6. The van der Waals surface area contributed by atoms with Crippen LogP contribution in [0, 0.1) is 30.6 Å². The first-order chi connectivity index (χ1) is 12.0. The minimum atomic E-state index is -0.411. The number of thiophene rings is 1. The van der Waals surface area contributed by atoms with Crippen LogP contribution in [-0.2, 0) is 22.4 Å².